The molecule has 170 valence electrons. The van der Waals surface area contributed by atoms with Crippen molar-refractivity contribution >= 4 is 23.1 Å². The standard InChI is InChI=1S/C26H29N5O2/c1-19(2)17-30-26(22(15-27)16-28)31-23-10-6-8-20(14-23)24(21-9-7-13-29-18-21)11-4-5-12-25(32)33-3/h6-11,13-14,18-19,22H,4-5,12,17H2,1-3H3,(H,30,31)/b24-11+. The van der Waals surface area contributed by atoms with Crippen LogP contribution >= 0.6 is 0 Å². The molecule has 1 N–H and O–H groups in total. The van der Waals surface area contributed by atoms with Crippen LogP contribution in [0.25, 0.3) is 5.57 Å². The summed E-state index contributed by atoms with van der Waals surface area (Å²) >= 11 is 0. The molecule has 0 bridgehead atoms. The molecule has 0 aliphatic carbocycles. The highest BCUT2D eigenvalue weighted by molar-refractivity contribution is 5.91. The summed E-state index contributed by atoms with van der Waals surface area (Å²) in [5.41, 5.74) is 3.48. The maximum absolute atomic E-state index is 11.4. The van der Waals surface area contributed by atoms with Crippen molar-refractivity contribution in [1.82, 2.24) is 10.3 Å². The molecule has 2 rings (SSSR count). The number of ether oxygens (including phenoxy) is 1. The number of benzene rings is 1. The van der Waals surface area contributed by atoms with Gasteiger partial charge in [-0.05, 0) is 48.1 Å². The Morgan fingerprint density at radius 3 is 2.61 bits per heavy atom. The maximum atomic E-state index is 11.4. The van der Waals surface area contributed by atoms with E-state index in [-0.39, 0.29) is 5.97 Å². The smallest absolute Gasteiger partial charge is 0.305 e. The molecule has 0 atom stereocenters. The van der Waals surface area contributed by atoms with E-state index in [0.29, 0.717) is 43.2 Å². The Balaban J connectivity index is 2.39. The minimum absolute atomic E-state index is 0.228. The van der Waals surface area contributed by atoms with Gasteiger partial charge in [0.2, 0.25) is 0 Å². The molecule has 33 heavy (non-hydrogen) atoms. The predicted octanol–water partition coefficient (Wildman–Crippen LogP) is 4.80. The summed E-state index contributed by atoms with van der Waals surface area (Å²) in [4.78, 5) is 20.3. The zero-order valence-electron chi connectivity index (χ0n) is 19.3. The third-order valence-electron chi connectivity index (χ3n) is 4.76. The van der Waals surface area contributed by atoms with Gasteiger partial charge < -0.3 is 10.1 Å². The van der Waals surface area contributed by atoms with Crippen molar-refractivity contribution in [3.63, 3.8) is 0 Å². The average molecular weight is 444 g/mol. The highest BCUT2D eigenvalue weighted by atomic mass is 16.5. The Morgan fingerprint density at radius 2 is 1.97 bits per heavy atom. The third kappa shape index (κ3) is 8.23. The summed E-state index contributed by atoms with van der Waals surface area (Å²) in [7, 11) is 1.39. The summed E-state index contributed by atoms with van der Waals surface area (Å²) < 4.78 is 4.72. The number of esters is 1. The number of carbonyl (C=O) groups excluding carboxylic acids is 1. The number of unbranched alkanes of at least 4 members (excludes halogenated alkanes) is 1. The minimum atomic E-state index is -0.973. The largest absolute Gasteiger partial charge is 0.469 e. The fraction of sp³-hybridized carbons (Fsp3) is 0.346. The average Bonchev–Trinajstić information content (AvgIpc) is 2.83. The van der Waals surface area contributed by atoms with Crippen LogP contribution < -0.4 is 5.32 Å². The number of hydrogen-bond donors (Lipinski definition) is 1. The number of nitrogens with zero attached hydrogens (tertiary/aromatic N) is 4. The number of allylic oxidation sites excluding steroid dienone is 1. The molecule has 1 aromatic heterocycles. The van der Waals surface area contributed by atoms with Crippen LogP contribution in [0.1, 0.15) is 44.2 Å². The number of hydrogen-bond acceptors (Lipinski definition) is 6. The van der Waals surface area contributed by atoms with E-state index < -0.39 is 5.92 Å². The van der Waals surface area contributed by atoms with Crippen molar-refractivity contribution in [3.05, 3.63) is 66.0 Å². The van der Waals surface area contributed by atoms with Crippen molar-refractivity contribution in [2.75, 3.05) is 13.7 Å². The maximum Gasteiger partial charge on any atom is 0.305 e. The molecule has 0 aliphatic rings. The van der Waals surface area contributed by atoms with Gasteiger partial charge in [0, 0.05) is 30.9 Å². The van der Waals surface area contributed by atoms with Crippen LogP contribution in [0, 0.1) is 34.5 Å². The van der Waals surface area contributed by atoms with E-state index in [0.717, 1.165) is 16.7 Å². The van der Waals surface area contributed by atoms with Crippen molar-refractivity contribution in [1.29, 1.82) is 10.5 Å². The Hall–Kier alpha value is -3.97. The molecule has 0 amide bonds. The molecular weight excluding hydrogens is 414 g/mol. The lowest BCUT2D eigenvalue weighted by Crippen LogP contribution is -2.32. The molecule has 0 unspecified atom stereocenters. The van der Waals surface area contributed by atoms with E-state index in [1.54, 1.807) is 12.4 Å². The third-order valence-corrected chi connectivity index (χ3v) is 4.76. The van der Waals surface area contributed by atoms with Gasteiger partial charge in [0.1, 0.15) is 5.84 Å². The van der Waals surface area contributed by atoms with E-state index in [9.17, 15) is 15.3 Å². The second kappa shape index (κ2) is 13.4. The van der Waals surface area contributed by atoms with Gasteiger partial charge >= 0.3 is 5.97 Å². The van der Waals surface area contributed by atoms with Crippen molar-refractivity contribution < 1.29 is 9.53 Å². The fourth-order valence-corrected chi connectivity index (χ4v) is 3.07. The minimum Gasteiger partial charge on any atom is -0.469 e. The number of methoxy groups -OCH3 is 1. The van der Waals surface area contributed by atoms with E-state index in [4.69, 9.17) is 4.74 Å². The van der Waals surface area contributed by atoms with Crippen molar-refractivity contribution in [2.45, 2.75) is 33.1 Å². The summed E-state index contributed by atoms with van der Waals surface area (Å²) in [5.74, 6) is -0.520. The van der Waals surface area contributed by atoms with Gasteiger partial charge in [-0.3, -0.25) is 9.78 Å². The molecule has 0 aliphatic heterocycles. The topological polar surface area (TPSA) is 111 Å². The van der Waals surface area contributed by atoms with Crippen molar-refractivity contribution in [2.24, 2.45) is 16.8 Å². The molecule has 0 radical (unpaired) electrons. The molecule has 0 saturated heterocycles. The molecule has 0 fully saturated rings. The molecule has 1 aromatic carbocycles. The quantitative estimate of drug-likeness (QED) is 0.244. The number of aliphatic imine (C=N–C) groups is 1. The second-order valence-electron chi connectivity index (χ2n) is 7.84. The molecule has 7 nitrogen and oxygen atoms in total. The highest BCUT2D eigenvalue weighted by Crippen LogP contribution is 2.27. The zero-order valence-corrected chi connectivity index (χ0v) is 19.3. The lowest BCUT2D eigenvalue weighted by atomic mass is 9.97. The molecule has 0 spiro atoms. The molecule has 1 heterocycles. The fourth-order valence-electron chi connectivity index (χ4n) is 3.07. The van der Waals surface area contributed by atoms with Gasteiger partial charge in [-0.25, -0.2) is 4.99 Å². The lowest BCUT2D eigenvalue weighted by molar-refractivity contribution is -0.140. The van der Waals surface area contributed by atoms with E-state index in [1.807, 2.05) is 62.4 Å². The summed E-state index contributed by atoms with van der Waals surface area (Å²) in [5, 5.41) is 21.9. The normalized spacial score (nSPS) is 11.7. The number of nitrogens with one attached hydrogen (secondary N) is 1. The first-order valence-electron chi connectivity index (χ1n) is 10.9. The number of rotatable bonds is 10. The van der Waals surface area contributed by atoms with Crippen LogP contribution in [-0.4, -0.2) is 30.4 Å². The van der Waals surface area contributed by atoms with E-state index in [1.165, 1.54) is 7.11 Å². The van der Waals surface area contributed by atoms with Gasteiger partial charge in [-0.2, -0.15) is 10.5 Å². The molecule has 0 saturated carbocycles. The van der Waals surface area contributed by atoms with Crippen LogP contribution in [0.2, 0.25) is 0 Å². The Bertz CT molecular complexity index is 1050. The zero-order chi connectivity index (χ0) is 24.1. The first-order valence-corrected chi connectivity index (χ1v) is 10.9. The lowest BCUT2D eigenvalue weighted by Gasteiger charge is -2.13. The Labute approximate surface area is 195 Å². The van der Waals surface area contributed by atoms with Crippen LogP contribution in [-0.2, 0) is 9.53 Å². The first kappa shape index (κ1) is 25.3. The number of amidine groups is 1. The number of pyridine rings is 1. The number of carbonyl (C=O) groups is 1. The van der Waals surface area contributed by atoms with Crippen LogP contribution in [0.15, 0.2) is 59.9 Å². The SMILES string of the molecule is COC(=O)CCC/C=C(/c1cccnc1)c1cccc(N=C(NCC(C)C)C(C#N)C#N)c1. The Kier molecular flexibility index (Phi) is 10.3. The number of nitriles is 2. The van der Waals surface area contributed by atoms with Crippen LogP contribution in [0.3, 0.4) is 0 Å². The first-order chi connectivity index (χ1) is 16.0. The highest BCUT2D eigenvalue weighted by Gasteiger charge is 2.15. The molecular formula is C26H29N5O2. The molecule has 7 heteroatoms. The summed E-state index contributed by atoms with van der Waals surface area (Å²) in [6.45, 7) is 4.70. The molecule has 2 aromatic rings. The van der Waals surface area contributed by atoms with Gasteiger partial charge in [0.05, 0.1) is 24.9 Å². The van der Waals surface area contributed by atoms with Crippen molar-refractivity contribution in [3.8, 4) is 12.1 Å². The van der Waals surface area contributed by atoms with Gasteiger partial charge in [-0.15, -0.1) is 0 Å². The summed E-state index contributed by atoms with van der Waals surface area (Å²) in [6, 6.07) is 15.5. The Morgan fingerprint density at radius 1 is 1.21 bits per heavy atom. The predicted molar refractivity (Wildman–Crippen MR) is 128 cm³/mol. The second-order valence-corrected chi connectivity index (χ2v) is 7.84. The van der Waals surface area contributed by atoms with Crippen LogP contribution in [0.5, 0.6) is 0 Å². The monoisotopic (exact) mass is 443 g/mol. The summed E-state index contributed by atoms with van der Waals surface area (Å²) in [6.07, 6.45) is 7.30. The van der Waals surface area contributed by atoms with Gasteiger partial charge in [0.15, 0.2) is 5.92 Å². The van der Waals surface area contributed by atoms with E-state index >= 15 is 0 Å². The van der Waals surface area contributed by atoms with Gasteiger partial charge in [0.25, 0.3) is 0 Å². The van der Waals surface area contributed by atoms with Gasteiger partial charge in [-0.1, -0.05) is 38.1 Å². The van der Waals surface area contributed by atoms with Crippen LogP contribution in [0.4, 0.5) is 5.69 Å². The van der Waals surface area contributed by atoms with E-state index in [2.05, 4.69) is 21.4 Å². The number of aromatic nitrogens is 1.